The third-order valence-corrected chi connectivity index (χ3v) is 2.99. The lowest BCUT2D eigenvalue weighted by molar-refractivity contribution is 0.0696. The standard InChI is InChI=1S/C15H22N2O4/c1-3-4-9-21-10-8-16-15(20)17-13-7-5-6-12(11(13)2)14(18)19/h5-7H,3-4,8-10H2,1-2H3,(H,18,19)(H2,16,17,20). The fourth-order valence-electron chi connectivity index (χ4n) is 1.75. The number of amides is 2. The molecule has 1 aromatic carbocycles. The van der Waals surface area contributed by atoms with E-state index in [0.717, 1.165) is 12.8 Å². The zero-order chi connectivity index (χ0) is 15.7. The Labute approximate surface area is 124 Å². The second-order valence-corrected chi connectivity index (χ2v) is 4.63. The molecule has 2 amide bonds. The third-order valence-electron chi connectivity index (χ3n) is 2.99. The molecule has 21 heavy (non-hydrogen) atoms. The molecule has 0 fully saturated rings. The van der Waals surface area contributed by atoms with Gasteiger partial charge in [-0.3, -0.25) is 0 Å². The highest BCUT2D eigenvalue weighted by Crippen LogP contribution is 2.18. The number of nitrogens with one attached hydrogen (secondary N) is 2. The van der Waals surface area contributed by atoms with Crippen LogP contribution in [0.4, 0.5) is 10.5 Å². The Morgan fingerprint density at radius 1 is 1.29 bits per heavy atom. The first-order valence-electron chi connectivity index (χ1n) is 7.01. The number of unbranched alkanes of at least 4 members (excludes halogenated alkanes) is 1. The predicted molar refractivity (Wildman–Crippen MR) is 80.9 cm³/mol. The summed E-state index contributed by atoms with van der Waals surface area (Å²) in [6.07, 6.45) is 2.08. The third kappa shape index (κ3) is 5.83. The summed E-state index contributed by atoms with van der Waals surface area (Å²) in [5, 5.41) is 14.3. The number of aromatic carboxylic acids is 1. The van der Waals surface area contributed by atoms with Crippen LogP contribution in [0.1, 0.15) is 35.7 Å². The van der Waals surface area contributed by atoms with E-state index in [4.69, 9.17) is 9.84 Å². The molecule has 0 radical (unpaired) electrons. The van der Waals surface area contributed by atoms with E-state index in [9.17, 15) is 9.59 Å². The van der Waals surface area contributed by atoms with Crippen molar-refractivity contribution >= 4 is 17.7 Å². The van der Waals surface area contributed by atoms with Crippen LogP contribution in [0.15, 0.2) is 18.2 Å². The van der Waals surface area contributed by atoms with Crippen LogP contribution in [0.25, 0.3) is 0 Å². The maximum absolute atomic E-state index is 11.7. The van der Waals surface area contributed by atoms with Crippen molar-refractivity contribution in [1.82, 2.24) is 5.32 Å². The van der Waals surface area contributed by atoms with Gasteiger partial charge in [-0.05, 0) is 31.0 Å². The maximum atomic E-state index is 11.7. The molecule has 116 valence electrons. The quantitative estimate of drug-likeness (QED) is 0.643. The average molecular weight is 294 g/mol. The Morgan fingerprint density at radius 2 is 2.05 bits per heavy atom. The van der Waals surface area contributed by atoms with Crippen molar-refractivity contribution in [2.45, 2.75) is 26.7 Å². The summed E-state index contributed by atoms with van der Waals surface area (Å²) in [5.74, 6) is -1.01. The Balaban J connectivity index is 2.41. The van der Waals surface area contributed by atoms with Gasteiger partial charge in [0, 0.05) is 18.8 Å². The molecule has 0 unspecified atom stereocenters. The molecule has 0 saturated carbocycles. The summed E-state index contributed by atoms with van der Waals surface area (Å²) in [6, 6.07) is 4.39. The minimum atomic E-state index is -1.01. The lowest BCUT2D eigenvalue weighted by atomic mass is 10.1. The van der Waals surface area contributed by atoms with E-state index in [1.165, 1.54) is 6.07 Å². The highest BCUT2D eigenvalue weighted by atomic mass is 16.5. The van der Waals surface area contributed by atoms with Crippen LogP contribution in [-0.4, -0.2) is 36.9 Å². The van der Waals surface area contributed by atoms with Crippen molar-refractivity contribution in [1.29, 1.82) is 0 Å². The smallest absolute Gasteiger partial charge is 0.336 e. The molecule has 0 aliphatic rings. The molecule has 0 atom stereocenters. The maximum Gasteiger partial charge on any atom is 0.336 e. The Kier molecular flexibility index (Phi) is 7.25. The van der Waals surface area contributed by atoms with Crippen LogP contribution in [0.2, 0.25) is 0 Å². The molecule has 0 saturated heterocycles. The Bertz CT molecular complexity index is 489. The van der Waals surface area contributed by atoms with Gasteiger partial charge in [-0.1, -0.05) is 19.4 Å². The SMILES string of the molecule is CCCCOCCNC(=O)Nc1cccc(C(=O)O)c1C. The van der Waals surface area contributed by atoms with Crippen molar-refractivity contribution in [3.05, 3.63) is 29.3 Å². The van der Waals surface area contributed by atoms with Crippen LogP contribution in [0, 0.1) is 6.92 Å². The summed E-state index contributed by atoms with van der Waals surface area (Å²) in [4.78, 5) is 22.7. The monoisotopic (exact) mass is 294 g/mol. The molecule has 1 rings (SSSR count). The normalized spacial score (nSPS) is 10.2. The van der Waals surface area contributed by atoms with Crippen molar-refractivity contribution in [2.75, 3.05) is 25.1 Å². The molecule has 0 aliphatic carbocycles. The molecule has 6 heteroatoms. The van der Waals surface area contributed by atoms with E-state index in [1.54, 1.807) is 19.1 Å². The van der Waals surface area contributed by atoms with E-state index >= 15 is 0 Å². The first-order chi connectivity index (χ1) is 10.1. The summed E-state index contributed by atoms with van der Waals surface area (Å²) >= 11 is 0. The van der Waals surface area contributed by atoms with Gasteiger partial charge in [-0.2, -0.15) is 0 Å². The fraction of sp³-hybridized carbons (Fsp3) is 0.467. The molecule has 6 nitrogen and oxygen atoms in total. The number of urea groups is 1. The van der Waals surface area contributed by atoms with Gasteiger partial charge < -0.3 is 20.5 Å². The molecule has 0 spiro atoms. The van der Waals surface area contributed by atoms with Crippen molar-refractivity contribution in [3.63, 3.8) is 0 Å². The summed E-state index contributed by atoms with van der Waals surface area (Å²) in [5.41, 5.74) is 1.19. The zero-order valence-corrected chi connectivity index (χ0v) is 12.4. The van der Waals surface area contributed by atoms with Crippen molar-refractivity contribution < 1.29 is 19.4 Å². The molecule has 0 aliphatic heterocycles. The van der Waals surface area contributed by atoms with E-state index in [0.29, 0.717) is 31.0 Å². The fourth-order valence-corrected chi connectivity index (χ4v) is 1.75. The second kappa shape index (κ2) is 8.97. The number of carbonyl (C=O) groups excluding carboxylic acids is 1. The van der Waals surface area contributed by atoms with Gasteiger partial charge in [0.25, 0.3) is 0 Å². The first kappa shape index (κ1) is 17.0. The molecular weight excluding hydrogens is 272 g/mol. The molecule has 0 aromatic heterocycles. The second-order valence-electron chi connectivity index (χ2n) is 4.63. The average Bonchev–Trinajstić information content (AvgIpc) is 2.44. The number of rotatable bonds is 8. The predicted octanol–water partition coefficient (Wildman–Crippen LogP) is 2.63. The zero-order valence-electron chi connectivity index (χ0n) is 12.4. The lowest BCUT2D eigenvalue weighted by Gasteiger charge is -2.11. The highest BCUT2D eigenvalue weighted by molar-refractivity contribution is 5.95. The van der Waals surface area contributed by atoms with Gasteiger partial charge in [-0.15, -0.1) is 0 Å². The summed E-state index contributed by atoms with van der Waals surface area (Å²) in [7, 11) is 0. The van der Waals surface area contributed by atoms with Crippen molar-refractivity contribution in [2.24, 2.45) is 0 Å². The number of carboxylic acid groups (broad SMARTS) is 1. The number of carboxylic acids is 1. The lowest BCUT2D eigenvalue weighted by Crippen LogP contribution is -2.32. The molecular formula is C15H22N2O4. The van der Waals surface area contributed by atoms with Crippen LogP contribution >= 0.6 is 0 Å². The highest BCUT2D eigenvalue weighted by Gasteiger charge is 2.11. The van der Waals surface area contributed by atoms with Crippen LogP contribution in [0.3, 0.4) is 0 Å². The van der Waals surface area contributed by atoms with Gasteiger partial charge >= 0.3 is 12.0 Å². The number of carbonyl (C=O) groups is 2. The minimum Gasteiger partial charge on any atom is -0.478 e. The van der Waals surface area contributed by atoms with Crippen LogP contribution < -0.4 is 10.6 Å². The topological polar surface area (TPSA) is 87.7 Å². The molecule has 1 aromatic rings. The van der Waals surface area contributed by atoms with E-state index in [-0.39, 0.29) is 11.6 Å². The molecule has 0 heterocycles. The Hall–Kier alpha value is -2.08. The largest absolute Gasteiger partial charge is 0.478 e. The first-order valence-corrected chi connectivity index (χ1v) is 7.01. The molecule has 3 N–H and O–H groups in total. The van der Waals surface area contributed by atoms with E-state index in [2.05, 4.69) is 17.6 Å². The minimum absolute atomic E-state index is 0.177. The van der Waals surface area contributed by atoms with Crippen LogP contribution in [-0.2, 0) is 4.74 Å². The number of hydrogen-bond donors (Lipinski definition) is 3. The van der Waals surface area contributed by atoms with Crippen molar-refractivity contribution in [3.8, 4) is 0 Å². The number of ether oxygens (including phenoxy) is 1. The van der Waals surface area contributed by atoms with Gasteiger partial charge in [-0.25, -0.2) is 9.59 Å². The number of anilines is 1. The van der Waals surface area contributed by atoms with E-state index < -0.39 is 5.97 Å². The Morgan fingerprint density at radius 3 is 2.71 bits per heavy atom. The number of benzene rings is 1. The van der Waals surface area contributed by atoms with Crippen LogP contribution in [0.5, 0.6) is 0 Å². The van der Waals surface area contributed by atoms with Gasteiger partial charge in [0.15, 0.2) is 0 Å². The number of hydrogen-bond acceptors (Lipinski definition) is 3. The van der Waals surface area contributed by atoms with Gasteiger partial charge in [0.2, 0.25) is 0 Å². The summed E-state index contributed by atoms with van der Waals surface area (Å²) in [6.45, 7) is 5.31. The summed E-state index contributed by atoms with van der Waals surface area (Å²) < 4.78 is 5.33. The van der Waals surface area contributed by atoms with E-state index in [1.807, 2.05) is 0 Å². The molecule has 0 bridgehead atoms. The van der Waals surface area contributed by atoms with Gasteiger partial charge in [0.1, 0.15) is 0 Å². The van der Waals surface area contributed by atoms with Gasteiger partial charge in [0.05, 0.1) is 12.2 Å².